The van der Waals surface area contributed by atoms with Crippen molar-refractivity contribution < 1.29 is 14.0 Å². The molecule has 1 aliphatic heterocycles. The Balaban J connectivity index is 1.60. The van der Waals surface area contributed by atoms with Crippen molar-refractivity contribution in [2.75, 3.05) is 0 Å². The molecule has 1 heterocycles. The second-order valence-corrected chi connectivity index (χ2v) is 10.3. The minimum Gasteiger partial charge on any atom is -0.353 e. The standard InChI is InChI=1S/C27H31FN2O2S/c1-3-18(2)29-26(31)21-11-14-24-23(16-21)30(17-20-9-12-22(28)13-10-20)27(32)25(33-24)15-19-7-5-4-6-8-19/h4-10,12-13,15,18,21,23-24H,3,11,14,16-17H2,1-2H3,(H,29,31)/b25-15-. The first-order valence-electron chi connectivity index (χ1n) is 11.7. The SMILES string of the molecule is CCC(C)NC(=O)C1CCC2S/C(=C\c3ccccc3)C(=O)N(Cc3ccc(F)cc3)C2C1. The van der Waals surface area contributed by atoms with E-state index < -0.39 is 0 Å². The van der Waals surface area contributed by atoms with Crippen LogP contribution < -0.4 is 5.32 Å². The molecule has 4 rings (SSSR count). The number of amides is 2. The molecule has 1 saturated heterocycles. The fraction of sp³-hybridized carbons (Fsp3) is 0.407. The Morgan fingerprint density at radius 2 is 1.91 bits per heavy atom. The minimum absolute atomic E-state index is 0.0163. The number of nitrogens with zero attached hydrogens (tertiary/aromatic N) is 1. The van der Waals surface area contributed by atoms with Gasteiger partial charge in [-0.05, 0) is 61.9 Å². The largest absolute Gasteiger partial charge is 0.353 e. The summed E-state index contributed by atoms with van der Waals surface area (Å²) in [6.07, 6.45) is 5.22. The van der Waals surface area contributed by atoms with Crippen LogP contribution in [0.3, 0.4) is 0 Å². The minimum atomic E-state index is -0.290. The summed E-state index contributed by atoms with van der Waals surface area (Å²) >= 11 is 1.65. The first kappa shape index (κ1) is 23.6. The van der Waals surface area contributed by atoms with Crippen LogP contribution in [0.25, 0.3) is 6.08 Å². The Bertz CT molecular complexity index is 1010. The number of hydrogen-bond donors (Lipinski definition) is 1. The molecule has 1 N–H and O–H groups in total. The summed E-state index contributed by atoms with van der Waals surface area (Å²) in [4.78, 5) is 29.1. The summed E-state index contributed by atoms with van der Waals surface area (Å²) in [6.45, 7) is 4.49. The molecule has 2 aromatic rings. The maximum Gasteiger partial charge on any atom is 0.260 e. The smallest absolute Gasteiger partial charge is 0.260 e. The van der Waals surface area contributed by atoms with Crippen LogP contribution in [0.5, 0.6) is 0 Å². The van der Waals surface area contributed by atoms with E-state index in [1.807, 2.05) is 48.2 Å². The van der Waals surface area contributed by atoms with Gasteiger partial charge in [0.1, 0.15) is 5.82 Å². The van der Waals surface area contributed by atoms with Gasteiger partial charge in [0.25, 0.3) is 5.91 Å². The van der Waals surface area contributed by atoms with Crippen molar-refractivity contribution in [3.63, 3.8) is 0 Å². The second-order valence-electron chi connectivity index (χ2n) is 9.03. The third-order valence-corrected chi connectivity index (χ3v) is 8.04. The van der Waals surface area contributed by atoms with Gasteiger partial charge in [-0.2, -0.15) is 0 Å². The summed E-state index contributed by atoms with van der Waals surface area (Å²) in [5, 5.41) is 3.36. The lowest BCUT2D eigenvalue weighted by Crippen LogP contribution is -2.54. The maximum atomic E-state index is 13.6. The number of fused-ring (bicyclic) bond motifs is 1. The molecule has 1 saturated carbocycles. The Labute approximate surface area is 199 Å². The van der Waals surface area contributed by atoms with Gasteiger partial charge >= 0.3 is 0 Å². The second kappa shape index (κ2) is 10.6. The van der Waals surface area contributed by atoms with Crippen LogP contribution >= 0.6 is 11.8 Å². The van der Waals surface area contributed by atoms with Crippen LogP contribution in [0.1, 0.15) is 50.7 Å². The zero-order chi connectivity index (χ0) is 23.4. The monoisotopic (exact) mass is 466 g/mol. The lowest BCUT2D eigenvalue weighted by Gasteiger charge is -2.46. The molecule has 0 aromatic heterocycles. The van der Waals surface area contributed by atoms with Gasteiger partial charge in [-0.3, -0.25) is 9.59 Å². The molecule has 4 unspecified atom stereocenters. The molecular weight excluding hydrogens is 435 g/mol. The molecule has 2 amide bonds. The molecule has 2 aliphatic rings. The van der Waals surface area contributed by atoms with E-state index in [0.717, 1.165) is 35.3 Å². The Morgan fingerprint density at radius 1 is 1.18 bits per heavy atom. The molecule has 0 spiro atoms. The van der Waals surface area contributed by atoms with E-state index in [0.29, 0.717) is 13.0 Å². The maximum absolute atomic E-state index is 13.6. The number of carbonyl (C=O) groups is 2. The summed E-state index contributed by atoms with van der Waals surface area (Å²) < 4.78 is 13.5. The predicted molar refractivity (Wildman–Crippen MR) is 132 cm³/mol. The molecule has 2 aromatic carbocycles. The van der Waals surface area contributed by atoms with Crippen molar-refractivity contribution in [1.82, 2.24) is 10.2 Å². The van der Waals surface area contributed by atoms with Crippen molar-refractivity contribution in [3.8, 4) is 0 Å². The van der Waals surface area contributed by atoms with Crippen LogP contribution in [-0.2, 0) is 16.1 Å². The van der Waals surface area contributed by atoms with Gasteiger partial charge < -0.3 is 10.2 Å². The van der Waals surface area contributed by atoms with E-state index in [2.05, 4.69) is 12.2 Å². The molecular formula is C27H31FN2O2S. The predicted octanol–water partition coefficient (Wildman–Crippen LogP) is 5.39. The van der Waals surface area contributed by atoms with Gasteiger partial charge in [0.15, 0.2) is 0 Å². The number of rotatable bonds is 6. The zero-order valence-electron chi connectivity index (χ0n) is 19.2. The molecule has 0 bridgehead atoms. The van der Waals surface area contributed by atoms with E-state index in [4.69, 9.17) is 0 Å². The van der Waals surface area contributed by atoms with E-state index in [9.17, 15) is 14.0 Å². The van der Waals surface area contributed by atoms with Crippen LogP contribution in [0.15, 0.2) is 59.5 Å². The van der Waals surface area contributed by atoms with Gasteiger partial charge in [-0.25, -0.2) is 4.39 Å². The normalized spacial score (nSPS) is 24.9. The fourth-order valence-electron chi connectivity index (χ4n) is 4.56. The zero-order valence-corrected chi connectivity index (χ0v) is 20.0. The summed E-state index contributed by atoms with van der Waals surface area (Å²) in [6, 6.07) is 16.3. The molecule has 6 heteroatoms. The molecule has 33 heavy (non-hydrogen) atoms. The number of thioether (sulfide) groups is 1. The quantitative estimate of drug-likeness (QED) is 0.581. The highest BCUT2D eigenvalue weighted by Gasteiger charge is 2.44. The average Bonchev–Trinajstić information content (AvgIpc) is 2.83. The van der Waals surface area contributed by atoms with Gasteiger partial charge in [0.2, 0.25) is 5.91 Å². The lowest BCUT2D eigenvalue weighted by atomic mass is 9.83. The molecule has 4 nitrogen and oxygen atoms in total. The van der Waals surface area contributed by atoms with Crippen LogP contribution in [0, 0.1) is 11.7 Å². The van der Waals surface area contributed by atoms with Crippen LogP contribution in [-0.4, -0.2) is 34.0 Å². The molecule has 4 atom stereocenters. The Kier molecular flexibility index (Phi) is 7.53. The highest BCUT2D eigenvalue weighted by atomic mass is 32.2. The Hall–Kier alpha value is -2.60. The lowest BCUT2D eigenvalue weighted by molar-refractivity contribution is -0.134. The molecule has 0 radical (unpaired) electrons. The molecule has 1 aliphatic carbocycles. The highest BCUT2D eigenvalue weighted by molar-refractivity contribution is 8.04. The summed E-state index contributed by atoms with van der Waals surface area (Å²) in [7, 11) is 0. The molecule has 174 valence electrons. The van der Waals surface area contributed by atoms with E-state index >= 15 is 0 Å². The number of halogens is 1. The first-order chi connectivity index (χ1) is 15.9. The third kappa shape index (κ3) is 5.67. The Morgan fingerprint density at radius 3 is 2.61 bits per heavy atom. The van der Waals surface area contributed by atoms with Crippen LogP contribution in [0.2, 0.25) is 0 Å². The summed E-state index contributed by atoms with van der Waals surface area (Å²) in [5.74, 6) is -0.310. The van der Waals surface area contributed by atoms with Crippen molar-refractivity contribution in [2.24, 2.45) is 5.92 Å². The highest BCUT2D eigenvalue weighted by Crippen LogP contribution is 2.44. The van der Waals surface area contributed by atoms with Gasteiger partial charge in [-0.1, -0.05) is 49.4 Å². The third-order valence-electron chi connectivity index (χ3n) is 6.64. The number of carbonyl (C=O) groups excluding carboxylic acids is 2. The van der Waals surface area contributed by atoms with E-state index in [1.54, 1.807) is 23.9 Å². The van der Waals surface area contributed by atoms with Crippen molar-refractivity contribution in [1.29, 1.82) is 0 Å². The van der Waals surface area contributed by atoms with Crippen molar-refractivity contribution in [3.05, 3.63) is 76.4 Å². The van der Waals surface area contributed by atoms with Crippen molar-refractivity contribution in [2.45, 2.75) is 63.4 Å². The molecule has 2 fully saturated rings. The van der Waals surface area contributed by atoms with Gasteiger partial charge in [-0.15, -0.1) is 11.8 Å². The number of nitrogens with one attached hydrogen (secondary N) is 1. The van der Waals surface area contributed by atoms with Gasteiger partial charge in [0.05, 0.1) is 4.91 Å². The van der Waals surface area contributed by atoms with E-state index in [-0.39, 0.29) is 40.9 Å². The number of benzene rings is 2. The summed E-state index contributed by atoms with van der Waals surface area (Å²) in [5.41, 5.74) is 1.88. The fourth-order valence-corrected chi connectivity index (χ4v) is 5.98. The van der Waals surface area contributed by atoms with Gasteiger partial charge in [0, 0.05) is 29.8 Å². The van der Waals surface area contributed by atoms with E-state index in [1.165, 1.54) is 12.1 Å². The topological polar surface area (TPSA) is 49.4 Å². The van der Waals surface area contributed by atoms with Crippen molar-refractivity contribution >= 4 is 29.7 Å². The average molecular weight is 467 g/mol. The van der Waals surface area contributed by atoms with Crippen LogP contribution in [0.4, 0.5) is 4.39 Å². The number of hydrogen-bond acceptors (Lipinski definition) is 3. The first-order valence-corrected chi connectivity index (χ1v) is 12.6.